The molecule has 6 nitrogen and oxygen atoms in total. The van der Waals surface area contributed by atoms with Crippen molar-refractivity contribution in [1.29, 1.82) is 0 Å². The van der Waals surface area contributed by atoms with Crippen LogP contribution >= 0.6 is 0 Å². The zero-order valence-electron chi connectivity index (χ0n) is 13.5. The molecule has 2 heterocycles. The molecule has 1 aromatic carbocycles. The number of Topliss-reactive ketones (excluding diaryl/α,β-unsaturated/α-hetero) is 1. The van der Waals surface area contributed by atoms with Crippen LogP contribution in [0.1, 0.15) is 24.2 Å². The lowest BCUT2D eigenvalue weighted by molar-refractivity contribution is -0.936. The number of rotatable bonds is 2. The minimum atomic E-state index is -0.718. The van der Waals surface area contributed by atoms with E-state index in [0.29, 0.717) is 38.5 Å². The van der Waals surface area contributed by atoms with E-state index >= 15 is 0 Å². The van der Waals surface area contributed by atoms with Crippen LogP contribution in [0.4, 0.5) is 0 Å². The summed E-state index contributed by atoms with van der Waals surface area (Å²) in [5.41, 5.74) is -0.0764. The van der Waals surface area contributed by atoms with Gasteiger partial charge in [-0.3, -0.25) is 29.1 Å². The second-order valence-electron chi connectivity index (χ2n) is 6.65. The molecule has 2 aliphatic heterocycles. The van der Waals surface area contributed by atoms with E-state index in [-0.39, 0.29) is 17.6 Å². The van der Waals surface area contributed by atoms with Crippen LogP contribution in [0.2, 0.25) is 0 Å². The molecule has 0 unspecified atom stereocenters. The number of amides is 2. The summed E-state index contributed by atoms with van der Waals surface area (Å²) in [7, 11) is 0. The molecule has 6 heteroatoms. The molecule has 0 atom stereocenters. The smallest absolute Gasteiger partial charge is 0.223 e. The molecule has 3 rings (SSSR count). The first-order valence-electron chi connectivity index (χ1n) is 7.86. The lowest BCUT2D eigenvalue weighted by atomic mass is 9.76. The molecule has 0 radical (unpaired) electrons. The van der Waals surface area contributed by atoms with E-state index < -0.39 is 5.41 Å². The summed E-state index contributed by atoms with van der Waals surface area (Å²) in [6, 6.07) is 9.15. The maximum Gasteiger partial charge on any atom is 0.223 e. The van der Waals surface area contributed by atoms with Crippen LogP contribution in [0.5, 0.6) is 0 Å². The molecule has 0 aromatic heterocycles. The van der Waals surface area contributed by atoms with Gasteiger partial charge in [-0.25, -0.2) is 0 Å². The minimum Gasteiger partial charge on any atom is -0.300 e. The largest absolute Gasteiger partial charge is 0.300 e. The molecule has 2 bridgehead atoms. The third kappa shape index (κ3) is 2.86. The number of quaternary nitrogens is 1. The van der Waals surface area contributed by atoms with Gasteiger partial charge in [-0.15, -0.1) is 0 Å². The van der Waals surface area contributed by atoms with Crippen LogP contribution in [0.15, 0.2) is 30.3 Å². The van der Waals surface area contributed by atoms with E-state index in [1.165, 1.54) is 13.8 Å². The molecule has 1 N–H and O–H groups in total. The maximum absolute atomic E-state index is 13.2. The molecule has 0 spiro atoms. The Morgan fingerprint density at radius 2 is 1.48 bits per heavy atom. The Morgan fingerprint density at radius 3 is 1.96 bits per heavy atom. The van der Waals surface area contributed by atoms with Gasteiger partial charge in [-0.05, 0) is 0 Å². The first-order valence-corrected chi connectivity index (χ1v) is 7.86. The first kappa shape index (κ1) is 15.7. The van der Waals surface area contributed by atoms with Gasteiger partial charge in [-0.1, -0.05) is 30.3 Å². The van der Waals surface area contributed by atoms with E-state index in [9.17, 15) is 14.4 Å². The number of nitrogens with one attached hydrogen (secondary N) is 1. The SMILES string of the molecule is CC(=O)N1C[NH+]2CN(C(C)=O)CC(C(=O)c3ccccc3)(C1)C2. The number of benzene rings is 1. The van der Waals surface area contributed by atoms with Gasteiger partial charge < -0.3 is 0 Å². The summed E-state index contributed by atoms with van der Waals surface area (Å²) in [5.74, 6) is -0.0278. The molecule has 23 heavy (non-hydrogen) atoms. The molecule has 2 amide bonds. The van der Waals surface area contributed by atoms with Gasteiger partial charge >= 0.3 is 0 Å². The second kappa shape index (κ2) is 5.77. The van der Waals surface area contributed by atoms with Crippen molar-refractivity contribution in [2.24, 2.45) is 5.41 Å². The summed E-state index contributed by atoms with van der Waals surface area (Å²) < 4.78 is 0. The highest BCUT2D eigenvalue weighted by Crippen LogP contribution is 2.28. The quantitative estimate of drug-likeness (QED) is 0.740. The normalized spacial score (nSPS) is 26.8. The molecule has 2 aliphatic rings. The predicted octanol–water partition coefficient (Wildman–Crippen LogP) is -0.620. The van der Waals surface area contributed by atoms with E-state index in [1.54, 1.807) is 21.9 Å². The standard InChI is InChI=1S/C17H21N3O3/c1-13(21)19-9-17(16(23)15-6-4-3-5-7-15)8-18(11-19)12-20(10-17)14(2)22/h3-7H,8-12H2,1-2H3/p+1. The molecule has 0 aliphatic carbocycles. The van der Waals surface area contributed by atoms with Crippen molar-refractivity contribution in [3.63, 3.8) is 0 Å². The van der Waals surface area contributed by atoms with Gasteiger partial charge in [0.2, 0.25) is 11.8 Å². The average molecular weight is 316 g/mol. The first-order chi connectivity index (χ1) is 10.9. The summed E-state index contributed by atoms with van der Waals surface area (Å²) in [5, 5.41) is 0. The van der Waals surface area contributed by atoms with E-state index in [1.807, 2.05) is 18.2 Å². The van der Waals surface area contributed by atoms with E-state index in [2.05, 4.69) is 0 Å². The van der Waals surface area contributed by atoms with Gasteiger partial charge in [0, 0.05) is 32.5 Å². The van der Waals surface area contributed by atoms with Crippen molar-refractivity contribution in [2.45, 2.75) is 13.8 Å². The van der Waals surface area contributed by atoms with Gasteiger partial charge in [0.1, 0.15) is 5.41 Å². The van der Waals surface area contributed by atoms with Crippen molar-refractivity contribution >= 4 is 17.6 Å². The van der Waals surface area contributed by atoms with E-state index in [4.69, 9.17) is 0 Å². The average Bonchev–Trinajstić information content (AvgIpc) is 2.53. The highest BCUT2D eigenvalue weighted by Gasteiger charge is 2.53. The van der Waals surface area contributed by atoms with Gasteiger partial charge in [-0.2, -0.15) is 0 Å². The third-order valence-electron chi connectivity index (χ3n) is 4.81. The summed E-state index contributed by atoms with van der Waals surface area (Å²) in [6.07, 6.45) is 0. The number of nitrogens with zero attached hydrogens (tertiary/aromatic N) is 2. The molecule has 2 saturated heterocycles. The number of hydrogen-bond acceptors (Lipinski definition) is 3. The van der Waals surface area contributed by atoms with E-state index in [0.717, 1.165) is 4.90 Å². The maximum atomic E-state index is 13.2. The predicted molar refractivity (Wildman–Crippen MR) is 83.5 cm³/mol. The fraction of sp³-hybridized carbons (Fsp3) is 0.471. The molecule has 122 valence electrons. The number of hydrogen-bond donors (Lipinski definition) is 1. The van der Waals surface area contributed by atoms with Crippen LogP contribution in [0.3, 0.4) is 0 Å². The Bertz CT molecular complexity index is 618. The van der Waals surface area contributed by atoms with Crippen molar-refractivity contribution in [3.8, 4) is 0 Å². The summed E-state index contributed by atoms with van der Waals surface area (Å²) in [4.78, 5) is 41.5. The topological polar surface area (TPSA) is 62.1 Å². The third-order valence-corrected chi connectivity index (χ3v) is 4.81. The highest BCUT2D eigenvalue weighted by molar-refractivity contribution is 6.01. The van der Waals surface area contributed by atoms with Crippen molar-refractivity contribution in [1.82, 2.24) is 9.80 Å². The van der Waals surface area contributed by atoms with Crippen LogP contribution in [0.25, 0.3) is 0 Å². The number of carbonyl (C=O) groups is 3. The van der Waals surface area contributed by atoms with Crippen LogP contribution in [-0.2, 0) is 9.59 Å². The van der Waals surface area contributed by atoms with Gasteiger partial charge in [0.25, 0.3) is 0 Å². The Morgan fingerprint density at radius 1 is 0.957 bits per heavy atom. The fourth-order valence-electron chi connectivity index (χ4n) is 3.75. The number of fused-ring (bicyclic) bond motifs is 2. The highest BCUT2D eigenvalue weighted by atomic mass is 16.2. The Balaban J connectivity index is 1.98. The lowest BCUT2D eigenvalue weighted by Gasteiger charge is -2.50. The second-order valence-corrected chi connectivity index (χ2v) is 6.65. The van der Waals surface area contributed by atoms with Crippen LogP contribution in [0, 0.1) is 5.41 Å². The van der Waals surface area contributed by atoms with Crippen LogP contribution in [-0.4, -0.2) is 60.4 Å². The Labute approximate surface area is 135 Å². The lowest BCUT2D eigenvalue weighted by Crippen LogP contribution is -3.20. The molecular weight excluding hydrogens is 294 g/mol. The van der Waals surface area contributed by atoms with Crippen molar-refractivity contribution in [2.75, 3.05) is 33.0 Å². The Kier molecular flexibility index (Phi) is 3.93. The minimum absolute atomic E-state index is 0.0208. The molecular formula is C17H22N3O3+. The summed E-state index contributed by atoms with van der Waals surface area (Å²) >= 11 is 0. The Hall–Kier alpha value is -2.21. The zero-order valence-corrected chi connectivity index (χ0v) is 13.5. The molecule has 2 fully saturated rings. The zero-order chi connectivity index (χ0) is 16.6. The van der Waals surface area contributed by atoms with Gasteiger partial charge in [0.05, 0.1) is 6.54 Å². The number of ketones is 1. The van der Waals surface area contributed by atoms with Gasteiger partial charge in [0.15, 0.2) is 19.1 Å². The molecule has 1 aromatic rings. The summed E-state index contributed by atoms with van der Waals surface area (Å²) in [6.45, 7) is 5.57. The molecule has 0 saturated carbocycles. The van der Waals surface area contributed by atoms with Crippen molar-refractivity contribution < 1.29 is 19.3 Å². The van der Waals surface area contributed by atoms with Crippen LogP contribution < -0.4 is 4.90 Å². The van der Waals surface area contributed by atoms with Crippen molar-refractivity contribution in [3.05, 3.63) is 35.9 Å². The number of carbonyl (C=O) groups excluding carboxylic acids is 3. The monoisotopic (exact) mass is 316 g/mol. The fourth-order valence-corrected chi connectivity index (χ4v) is 3.75.